The van der Waals surface area contributed by atoms with Crippen LogP contribution >= 0.6 is 11.5 Å². The first kappa shape index (κ1) is 27.0. The largest absolute Gasteiger partial charge is 0.464 e. The smallest absolute Gasteiger partial charge is 0.407 e. The van der Waals surface area contributed by atoms with Crippen molar-refractivity contribution in [2.45, 2.75) is 59.1 Å². The van der Waals surface area contributed by atoms with Crippen molar-refractivity contribution in [1.82, 2.24) is 33.8 Å². The predicted molar refractivity (Wildman–Crippen MR) is 143 cm³/mol. The lowest BCUT2D eigenvalue weighted by molar-refractivity contribution is -0.141. The number of imidazole rings is 1. The zero-order valence-corrected chi connectivity index (χ0v) is 23.1. The van der Waals surface area contributed by atoms with E-state index in [1.54, 1.807) is 37.8 Å². The van der Waals surface area contributed by atoms with E-state index in [1.807, 2.05) is 36.8 Å². The van der Waals surface area contributed by atoms with Gasteiger partial charge < -0.3 is 20.1 Å². The van der Waals surface area contributed by atoms with Crippen LogP contribution < -0.4 is 10.6 Å². The molecule has 0 saturated carbocycles. The summed E-state index contributed by atoms with van der Waals surface area (Å²) in [6.45, 7) is 8.65. The van der Waals surface area contributed by atoms with Gasteiger partial charge in [-0.25, -0.2) is 14.8 Å². The second kappa shape index (κ2) is 11.2. The van der Waals surface area contributed by atoms with Crippen molar-refractivity contribution in [1.29, 1.82) is 0 Å². The van der Waals surface area contributed by atoms with Gasteiger partial charge in [-0.1, -0.05) is 0 Å². The van der Waals surface area contributed by atoms with E-state index in [0.29, 0.717) is 24.3 Å². The maximum atomic E-state index is 12.4. The van der Waals surface area contributed by atoms with Crippen molar-refractivity contribution in [3.63, 3.8) is 0 Å². The van der Waals surface area contributed by atoms with Gasteiger partial charge in [0.2, 0.25) is 0 Å². The molecule has 12 nitrogen and oxygen atoms in total. The maximum Gasteiger partial charge on any atom is 0.407 e. The van der Waals surface area contributed by atoms with Crippen molar-refractivity contribution < 1.29 is 19.1 Å². The summed E-state index contributed by atoms with van der Waals surface area (Å²) in [5.41, 5.74) is 3.44. The summed E-state index contributed by atoms with van der Waals surface area (Å²) >= 11 is 1.34. The predicted octanol–water partition coefficient (Wildman–Crippen LogP) is 4.03. The Morgan fingerprint density at radius 3 is 2.63 bits per heavy atom. The lowest BCUT2D eigenvalue weighted by Gasteiger charge is -2.23. The van der Waals surface area contributed by atoms with E-state index in [4.69, 9.17) is 14.5 Å². The van der Waals surface area contributed by atoms with Crippen LogP contribution in [-0.2, 0) is 27.7 Å². The fourth-order valence-electron chi connectivity index (χ4n) is 3.76. The number of rotatable bonds is 9. The summed E-state index contributed by atoms with van der Waals surface area (Å²) in [5, 5.41) is 11.3. The van der Waals surface area contributed by atoms with E-state index in [-0.39, 0.29) is 6.61 Å². The molecule has 38 heavy (non-hydrogen) atoms. The first-order valence-electron chi connectivity index (χ1n) is 12.2. The fraction of sp³-hybridized carbons (Fsp3) is 0.440. The molecule has 4 aromatic heterocycles. The molecule has 4 heterocycles. The molecule has 0 aliphatic heterocycles. The molecule has 0 aliphatic carbocycles. The number of nitrogens with one attached hydrogen (secondary N) is 2. The zero-order valence-electron chi connectivity index (χ0n) is 22.3. The molecule has 2 N–H and O–H groups in total. The number of ether oxygens (including phenoxy) is 2. The van der Waals surface area contributed by atoms with Crippen LogP contribution in [0.3, 0.4) is 0 Å². The molecule has 202 valence electrons. The third-order valence-electron chi connectivity index (χ3n) is 5.37. The number of carbonyl (C=O) groups is 2. The van der Waals surface area contributed by atoms with Crippen LogP contribution in [0.5, 0.6) is 0 Å². The highest BCUT2D eigenvalue weighted by Gasteiger charge is 2.21. The van der Waals surface area contributed by atoms with Gasteiger partial charge in [0, 0.05) is 31.9 Å². The number of aromatic nitrogens is 6. The van der Waals surface area contributed by atoms with Crippen molar-refractivity contribution in [3.05, 3.63) is 42.2 Å². The van der Waals surface area contributed by atoms with Crippen LogP contribution in [0.25, 0.3) is 16.9 Å². The molecule has 1 atom stereocenters. The van der Waals surface area contributed by atoms with Crippen LogP contribution in [0, 0.1) is 6.92 Å². The molecule has 0 radical (unpaired) electrons. The second-order valence-electron chi connectivity index (χ2n) is 9.96. The summed E-state index contributed by atoms with van der Waals surface area (Å²) in [7, 11) is 1.86. The summed E-state index contributed by atoms with van der Waals surface area (Å²) in [5.74, 6) is 0.157. The van der Waals surface area contributed by atoms with Crippen molar-refractivity contribution in [2.24, 2.45) is 7.05 Å². The molecule has 1 amide bonds. The van der Waals surface area contributed by atoms with Gasteiger partial charge in [0.05, 0.1) is 35.5 Å². The molecule has 0 fully saturated rings. The van der Waals surface area contributed by atoms with Crippen LogP contribution in [0.1, 0.15) is 45.5 Å². The molecule has 13 heteroatoms. The standard InChI is InChI=1S/C25H32N8O4S/c1-15-9-21(38-31-15)30-22-23-26-11-20(17-10-27-32(6)12-17)33(23)13-18(28-22)7-8-19(14-36-16(2)34)29-24(35)37-25(3,4)5/h9-13,19H,7-8,14H2,1-6H3,(H,28,30)(H,29,35). The van der Waals surface area contributed by atoms with Crippen LogP contribution in [0.15, 0.2) is 30.9 Å². The van der Waals surface area contributed by atoms with Crippen molar-refractivity contribution in [3.8, 4) is 11.3 Å². The molecular formula is C25H32N8O4S. The number of anilines is 2. The molecule has 0 saturated heterocycles. The summed E-state index contributed by atoms with van der Waals surface area (Å²) in [6.07, 6.45) is 7.78. The topological polar surface area (TPSA) is 138 Å². The van der Waals surface area contributed by atoms with Crippen LogP contribution in [0.2, 0.25) is 0 Å². The molecule has 0 bridgehead atoms. The molecule has 4 aromatic rings. The highest BCUT2D eigenvalue weighted by Crippen LogP contribution is 2.28. The van der Waals surface area contributed by atoms with Gasteiger partial charge in [-0.05, 0) is 58.1 Å². The Morgan fingerprint density at radius 1 is 1.21 bits per heavy atom. The van der Waals surface area contributed by atoms with Crippen LogP contribution in [-0.4, -0.2) is 58.8 Å². The monoisotopic (exact) mass is 540 g/mol. The van der Waals surface area contributed by atoms with Crippen LogP contribution in [0.4, 0.5) is 15.6 Å². The van der Waals surface area contributed by atoms with Gasteiger partial charge in [-0.15, -0.1) is 0 Å². The quantitative estimate of drug-likeness (QED) is 0.301. The minimum atomic E-state index is -0.650. The number of carbonyl (C=O) groups excluding carboxylic acids is 2. The molecule has 4 rings (SSSR count). The van der Waals surface area contributed by atoms with E-state index in [0.717, 1.165) is 27.6 Å². The van der Waals surface area contributed by atoms with Crippen molar-refractivity contribution >= 4 is 40.1 Å². The SMILES string of the molecule is CC(=O)OCC(CCc1cn2c(-c3cnn(C)c3)cnc2c(Nc2cc(C)ns2)n1)NC(=O)OC(C)(C)C. The number of hydrogen-bond donors (Lipinski definition) is 2. The minimum absolute atomic E-state index is 0.0219. The maximum absolute atomic E-state index is 12.4. The Morgan fingerprint density at radius 2 is 2.00 bits per heavy atom. The average molecular weight is 541 g/mol. The van der Waals surface area contributed by atoms with Gasteiger partial charge in [0.1, 0.15) is 17.2 Å². The average Bonchev–Trinajstić information content (AvgIpc) is 3.54. The molecule has 1 unspecified atom stereocenters. The molecular weight excluding hydrogens is 508 g/mol. The van der Waals surface area contributed by atoms with Gasteiger partial charge in [-0.2, -0.15) is 9.47 Å². The summed E-state index contributed by atoms with van der Waals surface area (Å²) in [6, 6.07) is 1.48. The minimum Gasteiger partial charge on any atom is -0.464 e. The third-order valence-corrected chi connectivity index (χ3v) is 6.17. The molecule has 0 aliphatic rings. The number of aryl methyl sites for hydroxylation is 3. The summed E-state index contributed by atoms with van der Waals surface area (Å²) < 4.78 is 18.6. The Hall–Kier alpha value is -4.00. The van der Waals surface area contributed by atoms with E-state index in [2.05, 4.69) is 25.1 Å². The first-order chi connectivity index (χ1) is 18.0. The van der Waals surface area contributed by atoms with Gasteiger partial charge in [0.15, 0.2) is 11.5 Å². The Balaban J connectivity index is 1.62. The summed E-state index contributed by atoms with van der Waals surface area (Å²) in [4.78, 5) is 33.3. The van der Waals surface area contributed by atoms with Gasteiger partial charge in [0.25, 0.3) is 0 Å². The Kier molecular flexibility index (Phi) is 7.95. The Bertz CT molecular complexity index is 1430. The second-order valence-corrected chi connectivity index (χ2v) is 10.8. The third kappa shape index (κ3) is 7.06. The van der Waals surface area contributed by atoms with E-state index < -0.39 is 23.7 Å². The number of hydrogen-bond acceptors (Lipinski definition) is 10. The normalized spacial score (nSPS) is 12.4. The highest BCUT2D eigenvalue weighted by molar-refractivity contribution is 7.10. The van der Waals surface area contributed by atoms with E-state index >= 15 is 0 Å². The number of amides is 1. The lowest BCUT2D eigenvalue weighted by atomic mass is 10.1. The van der Waals surface area contributed by atoms with Gasteiger partial charge in [-0.3, -0.25) is 13.9 Å². The molecule has 0 aromatic carbocycles. The number of alkyl carbamates (subject to hydrolysis) is 1. The zero-order chi connectivity index (χ0) is 27.4. The van der Waals surface area contributed by atoms with Gasteiger partial charge >= 0.3 is 12.1 Å². The highest BCUT2D eigenvalue weighted by atomic mass is 32.1. The number of esters is 1. The van der Waals surface area contributed by atoms with Crippen molar-refractivity contribution in [2.75, 3.05) is 11.9 Å². The number of nitrogens with zero attached hydrogens (tertiary/aromatic N) is 6. The van der Waals surface area contributed by atoms with E-state index in [1.165, 1.54) is 18.5 Å². The Labute approximate surface area is 224 Å². The fourth-order valence-corrected chi connectivity index (χ4v) is 4.42. The molecule has 0 spiro atoms. The lowest BCUT2D eigenvalue weighted by Crippen LogP contribution is -2.42. The number of fused-ring (bicyclic) bond motifs is 1. The van der Waals surface area contributed by atoms with E-state index in [9.17, 15) is 9.59 Å². The first-order valence-corrected chi connectivity index (χ1v) is 12.9.